The van der Waals surface area contributed by atoms with E-state index in [0.29, 0.717) is 12.1 Å². The van der Waals surface area contributed by atoms with E-state index in [4.69, 9.17) is 5.73 Å². The third kappa shape index (κ3) is 4.51. The number of piperazine rings is 1. The fourth-order valence-electron chi connectivity index (χ4n) is 2.54. The molecule has 1 aromatic rings. The normalized spacial score (nSPS) is 17.6. The molecular formula is C15H23F2N3. The molecule has 1 aromatic carbocycles. The van der Waals surface area contributed by atoms with Gasteiger partial charge in [-0.2, -0.15) is 0 Å². The van der Waals surface area contributed by atoms with Crippen molar-refractivity contribution in [2.45, 2.75) is 19.4 Å². The molecule has 5 heteroatoms. The molecule has 20 heavy (non-hydrogen) atoms. The van der Waals surface area contributed by atoms with Gasteiger partial charge in [-0.3, -0.25) is 4.90 Å². The molecule has 0 amide bonds. The summed E-state index contributed by atoms with van der Waals surface area (Å²) in [6.07, 6.45) is 2.21. The summed E-state index contributed by atoms with van der Waals surface area (Å²) >= 11 is 0. The Bertz CT molecular complexity index is 418. The highest BCUT2D eigenvalue weighted by Crippen LogP contribution is 2.14. The Hall–Kier alpha value is -1.04. The van der Waals surface area contributed by atoms with E-state index in [1.807, 2.05) is 0 Å². The average Bonchev–Trinajstić information content (AvgIpc) is 2.44. The number of nitrogens with two attached hydrogens (primary N) is 1. The van der Waals surface area contributed by atoms with Gasteiger partial charge in [0, 0.05) is 44.4 Å². The van der Waals surface area contributed by atoms with Gasteiger partial charge in [0.05, 0.1) is 0 Å². The summed E-state index contributed by atoms with van der Waals surface area (Å²) in [7, 11) is 0. The quantitative estimate of drug-likeness (QED) is 0.808. The Kier molecular flexibility index (Phi) is 5.88. The number of unbranched alkanes of at least 4 members (excludes halogenated alkanes) is 1. The lowest BCUT2D eigenvalue weighted by molar-refractivity contribution is 0.125. The molecule has 0 aliphatic carbocycles. The fourth-order valence-corrected chi connectivity index (χ4v) is 2.54. The largest absolute Gasteiger partial charge is 0.330 e. The molecule has 0 bridgehead atoms. The van der Waals surface area contributed by atoms with Crippen LogP contribution in [0.3, 0.4) is 0 Å². The molecule has 2 rings (SSSR count). The van der Waals surface area contributed by atoms with Crippen LogP contribution in [0.4, 0.5) is 8.78 Å². The average molecular weight is 283 g/mol. The lowest BCUT2D eigenvalue weighted by Crippen LogP contribution is -2.46. The maximum Gasteiger partial charge on any atom is 0.130 e. The van der Waals surface area contributed by atoms with Crippen LogP contribution in [0.2, 0.25) is 0 Å². The minimum Gasteiger partial charge on any atom is -0.330 e. The monoisotopic (exact) mass is 283 g/mol. The van der Waals surface area contributed by atoms with Crippen molar-refractivity contribution in [2.75, 3.05) is 39.3 Å². The van der Waals surface area contributed by atoms with Crippen LogP contribution in [-0.4, -0.2) is 49.1 Å². The Labute approximate surface area is 119 Å². The van der Waals surface area contributed by atoms with Crippen LogP contribution in [-0.2, 0) is 6.54 Å². The Morgan fingerprint density at radius 2 is 1.70 bits per heavy atom. The number of nitrogens with zero attached hydrogens (tertiary/aromatic N) is 2. The van der Waals surface area contributed by atoms with E-state index in [9.17, 15) is 8.78 Å². The van der Waals surface area contributed by atoms with E-state index < -0.39 is 11.6 Å². The predicted octanol–water partition coefficient (Wildman–Crippen LogP) is 1.82. The van der Waals surface area contributed by atoms with Gasteiger partial charge in [-0.15, -0.1) is 0 Å². The summed E-state index contributed by atoms with van der Waals surface area (Å²) < 4.78 is 26.5. The molecule has 2 N–H and O–H groups in total. The molecule has 0 spiro atoms. The van der Waals surface area contributed by atoms with Crippen molar-refractivity contribution in [3.05, 3.63) is 35.4 Å². The van der Waals surface area contributed by atoms with Gasteiger partial charge < -0.3 is 10.6 Å². The van der Waals surface area contributed by atoms with Crippen molar-refractivity contribution >= 4 is 0 Å². The number of hydrogen-bond donors (Lipinski definition) is 1. The van der Waals surface area contributed by atoms with E-state index in [1.165, 1.54) is 12.1 Å². The second-order valence-corrected chi connectivity index (χ2v) is 5.35. The Morgan fingerprint density at radius 3 is 2.35 bits per heavy atom. The molecule has 0 radical (unpaired) electrons. The van der Waals surface area contributed by atoms with Gasteiger partial charge in [0.2, 0.25) is 0 Å². The molecule has 1 aliphatic rings. The van der Waals surface area contributed by atoms with Crippen LogP contribution in [0.5, 0.6) is 0 Å². The lowest BCUT2D eigenvalue weighted by atomic mass is 10.1. The lowest BCUT2D eigenvalue weighted by Gasteiger charge is -2.34. The highest BCUT2D eigenvalue weighted by Gasteiger charge is 2.17. The number of halogens is 2. The maximum atomic E-state index is 13.6. The van der Waals surface area contributed by atoms with E-state index in [1.54, 1.807) is 0 Å². The summed E-state index contributed by atoms with van der Waals surface area (Å²) in [5.74, 6) is -0.966. The molecule has 1 aliphatic heterocycles. The first-order chi connectivity index (χ1) is 9.69. The van der Waals surface area contributed by atoms with E-state index >= 15 is 0 Å². The first kappa shape index (κ1) is 15.4. The number of hydrogen-bond acceptors (Lipinski definition) is 3. The van der Waals surface area contributed by atoms with Gasteiger partial charge >= 0.3 is 0 Å². The third-order valence-electron chi connectivity index (χ3n) is 3.80. The van der Waals surface area contributed by atoms with Crippen molar-refractivity contribution in [1.29, 1.82) is 0 Å². The van der Waals surface area contributed by atoms with Gasteiger partial charge in [0.1, 0.15) is 11.6 Å². The van der Waals surface area contributed by atoms with Crippen molar-refractivity contribution in [2.24, 2.45) is 5.73 Å². The molecule has 1 saturated heterocycles. The van der Waals surface area contributed by atoms with Crippen LogP contribution in [0.15, 0.2) is 18.2 Å². The fraction of sp³-hybridized carbons (Fsp3) is 0.600. The Balaban J connectivity index is 1.76. The third-order valence-corrected chi connectivity index (χ3v) is 3.80. The highest BCUT2D eigenvalue weighted by molar-refractivity contribution is 5.18. The van der Waals surface area contributed by atoms with Crippen LogP contribution in [0, 0.1) is 11.6 Å². The molecule has 3 nitrogen and oxygen atoms in total. The van der Waals surface area contributed by atoms with Crippen molar-refractivity contribution in [1.82, 2.24) is 9.80 Å². The van der Waals surface area contributed by atoms with Crippen LogP contribution >= 0.6 is 0 Å². The molecule has 1 heterocycles. The second-order valence-electron chi connectivity index (χ2n) is 5.35. The number of benzene rings is 1. The summed E-state index contributed by atoms with van der Waals surface area (Å²) in [5.41, 5.74) is 6.06. The van der Waals surface area contributed by atoms with Crippen LogP contribution in [0.1, 0.15) is 18.4 Å². The van der Waals surface area contributed by atoms with Crippen LogP contribution < -0.4 is 5.73 Å². The summed E-state index contributed by atoms with van der Waals surface area (Å²) in [6, 6.07) is 3.82. The first-order valence-electron chi connectivity index (χ1n) is 7.28. The van der Waals surface area contributed by atoms with Gasteiger partial charge in [-0.25, -0.2) is 8.78 Å². The Morgan fingerprint density at radius 1 is 1.00 bits per heavy atom. The zero-order valence-corrected chi connectivity index (χ0v) is 11.8. The molecule has 0 unspecified atom stereocenters. The minimum atomic E-state index is -0.518. The smallest absolute Gasteiger partial charge is 0.130 e. The predicted molar refractivity (Wildman–Crippen MR) is 76.4 cm³/mol. The molecule has 0 aromatic heterocycles. The molecule has 0 saturated carbocycles. The van der Waals surface area contributed by atoms with Gasteiger partial charge in [-0.05, 0) is 32.0 Å². The molecular weight excluding hydrogens is 260 g/mol. The second kappa shape index (κ2) is 7.67. The topological polar surface area (TPSA) is 32.5 Å². The molecule has 112 valence electrons. The summed E-state index contributed by atoms with van der Waals surface area (Å²) in [4.78, 5) is 4.64. The van der Waals surface area contributed by atoms with Crippen molar-refractivity contribution in [3.63, 3.8) is 0 Å². The van der Waals surface area contributed by atoms with Crippen LogP contribution in [0.25, 0.3) is 0 Å². The number of rotatable bonds is 6. The van der Waals surface area contributed by atoms with E-state index in [0.717, 1.165) is 58.2 Å². The standard InChI is InChI=1S/C15H23F2N3/c16-14-4-3-13(15(17)11-14)12-20-9-7-19(8-10-20)6-2-1-5-18/h3-4,11H,1-2,5-10,12,18H2. The molecule has 1 fully saturated rings. The highest BCUT2D eigenvalue weighted by atomic mass is 19.1. The zero-order valence-electron chi connectivity index (χ0n) is 11.8. The van der Waals surface area contributed by atoms with Crippen molar-refractivity contribution in [3.8, 4) is 0 Å². The SMILES string of the molecule is NCCCCN1CCN(Cc2ccc(F)cc2F)CC1. The van der Waals surface area contributed by atoms with E-state index in [2.05, 4.69) is 9.80 Å². The van der Waals surface area contributed by atoms with Crippen molar-refractivity contribution < 1.29 is 8.78 Å². The minimum absolute atomic E-state index is 0.449. The van der Waals surface area contributed by atoms with Gasteiger partial charge in [0.15, 0.2) is 0 Å². The van der Waals surface area contributed by atoms with Gasteiger partial charge in [0.25, 0.3) is 0 Å². The summed E-state index contributed by atoms with van der Waals surface area (Å²) in [5, 5.41) is 0. The van der Waals surface area contributed by atoms with E-state index in [-0.39, 0.29) is 0 Å². The zero-order chi connectivity index (χ0) is 14.4. The summed E-state index contributed by atoms with van der Waals surface area (Å²) in [6.45, 7) is 6.28. The van der Waals surface area contributed by atoms with Gasteiger partial charge in [-0.1, -0.05) is 6.07 Å². The first-order valence-corrected chi connectivity index (χ1v) is 7.28. The molecule has 0 atom stereocenters. The maximum absolute atomic E-state index is 13.6.